The number of carboxylic acid groups (broad SMARTS) is 1. The summed E-state index contributed by atoms with van der Waals surface area (Å²) < 4.78 is 20.7. The van der Waals surface area contributed by atoms with E-state index in [0.29, 0.717) is 39.2 Å². The Hall–Kier alpha value is -4.06. The van der Waals surface area contributed by atoms with Crippen LogP contribution in [0.3, 0.4) is 0 Å². The summed E-state index contributed by atoms with van der Waals surface area (Å²) in [5, 5.41) is 32.8. The van der Waals surface area contributed by atoms with Gasteiger partial charge in [-0.2, -0.15) is 0 Å². The number of aliphatic carboxylic acids is 1. The van der Waals surface area contributed by atoms with Crippen LogP contribution in [-0.4, -0.2) is 86.6 Å². The summed E-state index contributed by atoms with van der Waals surface area (Å²) in [4.78, 5) is 37.3. The van der Waals surface area contributed by atoms with Gasteiger partial charge in [0, 0.05) is 35.8 Å². The predicted molar refractivity (Wildman–Crippen MR) is 180 cm³/mol. The van der Waals surface area contributed by atoms with E-state index in [1.165, 1.54) is 25.3 Å². The molecule has 3 aromatic carbocycles. The number of nitrogens with one attached hydrogen (secondary N) is 1. The van der Waals surface area contributed by atoms with E-state index in [4.69, 9.17) is 9.84 Å². The maximum absolute atomic E-state index is 14.2. The van der Waals surface area contributed by atoms with E-state index in [1.807, 2.05) is 48.7 Å². The van der Waals surface area contributed by atoms with Gasteiger partial charge in [-0.15, -0.1) is 0 Å². The van der Waals surface area contributed by atoms with Gasteiger partial charge in [0.05, 0.1) is 31.3 Å². The van der Waals surface area contributed by atoms with E-state index in [2.05, 4.69) is 5.32 Å². The number of hydrogen-bond donors (Lipinski definition) is 4. The van der Waals surface area contributed by atoms with Gasteiger partial charge in [-0.05, 0) is 60.9 Å². The van der Waals surface area contributed by atoms with Gasteiger partial charge in [0.15, 0.2) is 0 Å². The third kappa shape index (κ3) is 9.50. The molecule has 47 heavy (non-hydrogen) atoms. The third-order valence-electron chi connectivity index (χ3n) is 7.37. The van der Waals surface area contributed by atoms with E-state index in [0.717, 1.165) is 5.56 Å². The Labute approximate surface area is 295 Å². The number of aliphatic hydroxyl groups excluding tert-OH is 2. The zero-order chi connectivity index (χ0) is 33.4. The van der Waals surface area contributed by atoms with Gasteiger partial charge in [-0.1, -0.05) is 60.7 Å². The van der Waals surface area contributed by atoms with Crippen LogP contribution in [0.2, 0.25) is 0 Å². The fraction of sp³-hybridized carbons (Fsp3) is 0.250. The number of carbonyl (C=O) groups excluding carboxylic acids is 2. The first-order valence-corrected chi connectivity index (χ1v) is 14.8. The first-order valence-electron chi connectivity index (χ1n) is 14.8. The van der Waals surface area contributed by atoms with E-state index in [1.54, 1.807) is 42.5 Å². The molecule has 0 spiro atoms. The molecule has 4 N–H and O–H groups in total. The topological polar surface area (TPSA) is 138 Å². The number of carbonyl (C=O) groups is 3. The summed E-state index contributed by atoms with van der Waals surface area (Å²) in [6, 6.07) is 21.7. The van der Waals surface area contributed by atoms with Crippen LogP contribution in [0.1, 0.15) is 64.8 Å². The molecule has 0 saturated carbocycles. The number of carboxylic acids is 1. The predicted octanol–water partition coefficient (Wildman–Crippen LogP) is 5.21. The summed E-state index contributed by atoms with van der Waals surface area (Å²) in [7, 11) is 1.30. The number of nitrogens with zero attached hydrogens (tertiary/aromatic N) is 1. The van der Waals surface area contributed by atoms with Crippen molar-refractivity contribution in [2.45, 2.75) is 51.5 Å². The molecule has 0 fully saturated rings. The molecule has 9 nitrogen and oxygen atoms in total. The van der Waals surface area contributed by atoms with Crippen molar-refractivity contribution < 1.29 is 38.8 Å². The van der Waals surface area contributed by atoms with Crippen molar-refractivity contribution in [3.63, 3.8) is 0 Å². The van der Waals surface area contributed by atoms with Gasteiger partial charge in [0.25, 0.3) is 5.91 Å². The normalized spacial score (nSPS) is 12.4. The number of benzene rings is 3. The van der Waals surface area contributed by atoms with Crippen LogP contribution in [0, 0.1) is 5.82 Å². The van der Waals surface area contributed by atoms with Gasteiger partial charge < -0.3 is 29.9 Å². The van der Waals surface area contributed by atoms with Crippen molar-refractivity contribution in [3.05, 3.63) is 113 Å². The second kappa shape index (κ2) is 17.2. The first-order chi connectivity index (χ1) is 22.0. The molecule has 4 aromatic rings. The van der Waals surface area contributed by atoms with Crippen molar-refractivity contribution >= 4 is 53.5 Å². The number of rotatable bonds is 13. The average molecular weight is 653 g/mol. The van der Waals surface area contributed by atoms with Gasteiger partial charge >= 0.3 is 41.5 Å². The number of amides is 1. The molecule has 0 aliphatic carbocycles. The number of aromatic nitrogens is 1. The molecule has 0 unspecified atom stereocenters. The summed E-state index contributed by atoms with van der Waals surface area (Å²) >= 11 is 0. The van der Waals surface area contributed by atoms with Crippen LogP contribution in [-0.2, 0) is 16.1 Å². The minimum absolute atomic E-state index is 0. The van der Waals surface area contributed by atoms with E-state index < -0.39 is 42.3 Å². The van der Waals surface area contributed by atoms with Gasteiger partial charge in [0.1, 0.15) is 11.5 Å². The van der Waals surface area contributed by atoms with Crippen LogP contribution >= 0.6 is 0 Å². The molecule has 0 aliphatic heterocycles. The molecule has 0 aliphatic rings. The van der Waals surface area contributed by atoms with Crippen LogP contribution < -0.4 is 5.32 Å². The monoisotopic (exact) mass is 652 g/mol. The molecule has 1 amide bonds. The fourth-order valence-electron chi connectivity index (χ4n) is 5.36. The summed E-state index contributed by atoms with van der Waals surface area (Å²) in [5.74, 6) is -2.51. The van der Waals surface area contributed by atoms with Crippen LogP contribution in [0.5, 0.6) is 0 Å². The maximum atomic E-state index is 14.2. The van der Waals surface area contributed by atoms with Crippen LogP contribution in [0.4, 0.5) is 4.39 Å². The quantitative estimate of drug-likeness (QED) is 0.115. The standard InChI is InChI=1S/C36H37FN2O7.Na.H/c1-22(2)39-30(17-16-28(40)19-29(41)20-31(42)43)32(25-12-14-27(37)15-13-25)33(24-9-5-4-6-10-24)34(39)35(44)38-21-23-8-7-11-26(18-23)36(45)46-3;;/h4-18,22,28-29,40-41H,19-21H2,1-3H3,(H,38,44)(H,42,43);;/t28-,29-;;/m1../s1. The van der Waals surface area contributed by atoms with Gasteiger partial charge in [-0.3, -0.25) is 9.59 Å². The van der Waals surface area contributed by atoms with Crippen molar-refractivity contribution in [2.24, 2.45) is 0 Å². The Kier molecular flexibility index (Phi) is 13.7. The summed E-state index contributed by atoms with van der Waals surface area (Å²) in [6.07, 6.45) is -0.0873. The first kappa shape index (κ1) is 37.4. The molecule has 242 valence electrons. The molecule has 1 aromatic heterocycles. The average Bonchev–Trinajstić information content (AvgIpc) is 3.38. The number of methoxy groups -OCH3 is 1. The number of ether oxygens (including phenoxy) is 1. The van der Waals surface area contributed by atoms with E-state index in [-0.39, 0.29) is 48.6 Å². The zero-order valence-electron chi connectivity index (χ0n) is 25.8. The molecule has 0 radical (unpaired) electrons. The van der Waals surface area contributed by atoms with E-state index in [9.17, 15) is 29.0 Å². The molecular formula is C36H38FN2NaO7. The molecule has 4 rings (SSSR count). The number of hydrogen-bond acceptors (Lipinski definition) is 6. The summed E-state index contributed by atoms with van der Waals surface area (Å²) in [6.45, 7) is 3.92. The molecule has 1 heterocycles. The van der Waals surface area contributed by atoms with Gasteiger partial charge in [-0.25, -0.2) is 9.18 Å². The number of aliphatic hydroxyl groups is 2. The van der Waals surface area contributed by atoms with Crippen LogP contribution in [0.15, 0.2) is 84.9 Å². The third-order valence-corrected chi connectivity index (χ3v) is 7.37. The van der Waals surface area contributed by atoms with Crippen molar-refractivity contribution in [2.75, 3.05) is 7.11 Å². The Morgan fingerprint density at radius 2 is 1.60 bits per heavy atom. The van der Waals surface area contributed by atoms with Crippen molar-refractivity contribution in [1.29, 1.82) is 0 Å². The Balaban J connectivity index is 0.00000600. The number of esters is 1. The molecule has 11 heteroatoms. The zero-order valence-corrected chi connectivity index (χ0v) is 25.8. The van der Waals surface area contributed by atoms with Gasteiger partial charge in [0.2, 0.25) is 0 Å². The van der Waals surface area contributed by atoms with Crippen molar-refractivity contribution in [3.8, 4) is 22.3 Å². The second-order valence-corrected chi connectivity index (χ2v) is 11.1. The molecule has 2 atom stereocenters. The summed E-state index contributed by atoms with van der Waals surface area (Å²) in [5.41, 5.74) is 4.46. The Morgan fingerprint density at radius 3 is 2.21 bits per heavy atom. The fourth-order valence-corrected chi connectivity index (χ4v) is 5.36. The molecule has 0 bridgehead atoms. The van der Waals surface area contributed by atoms with E-state index >= 15 is 0 Å². The number of halogens is 1. The molecular weight excluding hydrogens is 614 g/mol. The van der Waals surface area contributed by atoms with Crippen molar-refractivity contribution in [1.82, 2.24) is 9.88 Å². The molecule has 0 saturated heterocycles. The SMILES string of the molecule is COC(=O)c1cccc(CNC(=O)c2c(-c3ccccc3)c(-c3ccc(F)cc3)c(C=C[C@@H](O)C[C@@H](O)CC(=O)O)n2C(C)C)c1.[NaH]. The Morgan fingerprint density at radius 1 is 0.936 bits per heavy atom. The second-order valence-electron chi connectivity index (χ2n) is 11.1. The Bertz CT molecular complexity index is 1720. The minimum atomic E-state index is -1.26. The van der Waals surface area contributed by atoms with Crippen LogP contribution in [0.25, 0.3) is 28.3 Å².